The minimum Gasteiger partial charge on any atom is -0.484 e. The second kappa shape index (κ2) is 13.3. The molecule has 1 aliphatic rings. The van der Waals surface area contributed by atoms with Gasteiger partial charge in [0.1, 0.15) is 12.3 Å². The lowest BCUT2D eigenvalue weighted by molar-refractivity contribution is -0.134. The van der Waals surface area contributed by atoms with Gasteiger partial charge in [0.15, 0.2) is 6.61 Å². The molecule has 39 heavy (non-hydrogen) atoms. The van der Waals surface area contributed by atoms with Crippen LogP contribution in [-0.4, -0.2) is 57.6 Å². The van der Waals surface area contributed by atoms with Crippen LogP contribution >= 0.6 is 11.6 Å². The number of sulfonamides is 1. The molecule has 0 atom stereocenters. The van der Waals surface area contributed by atoms with Crippen LogP contribution < -0.4 is 14.5 Å². The maximum atomic E-state index is 13.3. The third kappa shape index (κ3) is 7.81. The van der Waals surface area contributed by atoms with Crippen molar-refractivity contribution in [1.82, 2.24) is 10.3 Å². The van der Waals surface area contributed by atoms with E-state index in [1.807, 2.05) is 4.90 Å². The summed E-state index contributed by atoms with van der Waals surface area (Å²) >= 11 is 5.96. The molecule has 1 N–H and O–H groups in total. The quantitative estimate of drug-likeness (QED) is 0.293. The van der Waals surface area contributed by atoms with E-state index in [9.17, 15) is 18.0 Å². The van der Waals surface area contributed by atoms with Gasteiger partial charge in [0.25, 0.3) is 21.8 Å². The summed E-state index contributed by atoms with van der Waals surface area (Å²) in [7, 11) is -4.03. The van der Waals surface area contributed by atoms with Crippen LogP contribution in [0.15, 0.2) is 88.9 Å². The molecule has 1 fully saturated rings. The van der Waals surface area contributed by atoms with Crippen LogP contribution in [0.25, 0.3) is 0 Å². The minimum atomic E-state index is -4.03. The fourth-order valence-corrected chi connectivity index (χ4v) is 5.58. The molecule has 204 valence electrons. The molecule has 0 radical (unpaired) electrons. The number of hydrogen-bond donors (Lipinski definition) is 1. The van der Waals surface area contributed by atoms with Crippen molar-refractivity contribution in [1.29, 1.82) is 0 Å². The van der Waals surface area contributed by atoms with Crippen LogP contribution in [0, 0.1) is 0 Å². The Labute approximate surface area is 233 Å². The molecule has 0 aliphatic carbocycles. The van der Waals surface area contributed by atoms with Gasteiger partial charge in [-0.1, -0.05) is 29.8 Å². The Balaban J connectivity index is 1.35. The highest BCUT2D eigenvalue weighted by Crippen LogP contribution is 2.25. The minimum absolute atomic E-state index is 0.0144. The summed E-state index contributed by atoms with van der Waals surface area (Å²) in [5.74, 6) is -0.104. The monoisotopic (exact) mass is 568 g/mol. The van der Waals surface area contributed by atoms with Crippen molar-refractivity contribution in [3.8, 4) is 5.75 Å². The zero-order valence-corrected chi connectivity index (χ0v) is 22.8. The number of carbonyl (C=O) groups excluding carboxylic acids is 2. The average molecular weight is 569 g/mol. The highest BCUT2D eigenvalue weighted by Gasteiger charge is 2.27. The van der Waals surface area contributed by atoms with Crippen molar-refractivity contribution in [2.24, 2.45) is 5.10 Å². The summed E-state index contributed by atoms with van der Waals surface area (Å²) in [6.07, 6.45) is 4.64. The predicted octanol–water partition coefficient (Wildman–Crippen LogP) is 4.08. The molecule has 1 heterocycles. The molecule has 0 spiro atoms. The van der Waals surface area contributed by atoms with Crippen molar-refractivity contribution >= 4 is 45.3 Å². The summed E-state index contributed by atoms with van der Waals surface area (Å²) in [4.78, 5) is 26.8. The van der Waals surface area contributed by atoms with Crippen LogP contribution in [0.4, 0.5) is 5.69 Å². The molecule has 11 heteroatoms. The second-order valence-corrected chi connectivity index (χ2v) is 11.2. The van der Waals surface area contributed by atoms with E-state index in [4.69, 9.17) is 16.3 Å². The van der Waals surface area contributed by atoms with E-state index in [0.29, 0.717) is 16.3 Å². The number of benzene rings is 3. The molecule has 3 aromatic carbocycles. The van der Waals surface area contributed by atoms with Crippen molar-refractivity contribution in [3.63, 3.8) is 0 Å². The topological polar surface area (TPSA) is 108 Å². The lowest BCUT2D eigenvalue weighted by Gasteiger charge is -2.26. The zero-order chi connectivity index (χ0) is 27.7. The summed E-state index contributed by atoms with van der Waals surface area (Å²) in [6, 6.07) is 20.9. The number of hydrogen-bond acceptors (Lipinski definition) is 6. The fourth-order valence-electron chi connectivity index (χ4n) is 4.02. The van der Waals surface area contributed by atoms with E-state index in [2.05, 4.69) is 10.5 Å². The van der Waals surface area contributed by atoms with Gasteiger partial charge in [-0.15, -0.1) is 0 Å². The number of anilines is 1. The van der Waals surface area contributed by atoms with E-state index < -0.39 is 22.5 Å². The fraction of sp³-hybridized carbons (Fsp3) is 0.250. The van der Waals surface area contributed by atoms with Crippen LogP contribution in [0.5, 0.6) is 5.75 Å². The SMILES string of the molecule is O=C(CN(c1ccc(Cl)cc1)S(=O)(=O)c1ccccc1)N/N=C\c1ccc(OCC(=O)N2CCCCC2)cc1. The van der Waals surface area contributed by atoms with E-state index in [1.54, 1.807) is 54.6 Å². The smallest absolute Gasteiger partial charge is 0.264 e. The number of likely N-dealkylation sites (tertiary alicyclic amines) is 1. The standard InChI is InChI=1S/C28H29ClN4O5S/c29-23-11-13-24(14-12-23)33(39(36,37)26-7-3-1-4-8-26)20-27(34)31-30-19-22-9-15-25(16-10-22)38-21-28(35)32-17-5-2-6-18-32/h1,3-4,7-16,19H,2,5-6,17-18,20-21H2,(H,31,34)/b30-19-. The largest absolute Gasteiger partial charge is 0.484 e. The molecule has 3 aromatic rings. The molecule has 0 aromatic heterocycles. The van der Waals surface area contributed by atoms with Gasteiger partial charge in [0.2, 0.25) is 0 Å². The first kappa shape index (κ1) is 28.1. The second-order valence-electron chi connectivity index (χ2n) is 8.89. The molecular weight excluding hydrogens is 540 g/mol. The molecule has 1 saturated heterocycles. The van der Waals surface area contributed by atoms with E-state index in [-0.39, 0.29) is 23.1 Å². The van der Waals surface area contributed by atoms with Gasteiger partial charge < -0.3 is 9.64 Å². The third-order valence-electron chi connectivity index (χ3n) is 6.09. The molecule has 0 unspecified atom stereocenters. The number of piperidine rings is 1. The average Bonchev–Trinajstić information content (AvgIpc) is 2.97. The molecule has 0 bridgehead atoms. The number of rotatable bonds is 10. The number of hydrazone groups is 1. The Bertz CT molecular complexity index is 1390. The molecule has 9 nitrogen and oxygen atoms in total. The summed E-state index contributed by atoms with van der Waals surface area (Å²) in [5, 5.41) is 4.39. The molecule has 1 aliphatic heterocycles. The van der Waals surface area contributed by atoms with Crippen LogP contribution in [0.2, 0.25) is 5.02 Å². The number of carbonyl (C=O) groups is 2. The number of nitrogens with zero attached hydrogens (tertiary/aromatic N) is 3. The van der Waals surface area contributed by atoms with E-state index in [0.717, 1.165) is 36.7 Å². The Morgan fingerprint density at radius 3 is 2.28 bits per heavy atom. The maximum Gasteiger partial charge on any atom is 0.264 e. The number of ether oxygens (including phenoxy) is 1. The van der Waals surface area contributed by atoms with Crippen molar-refractivity contribution < 1.29 is 22.7 Å². The predicted molar refractivity (Wildman–Crippen MR) is 151 cm³/mol. The lowest BCUT2D eigenvalue weighted by atomic mass is 10.1. The summed E-state index contributed by atoms with van der Waals surface area (Å²) in [5.41, 5.74) is 3.34. The van der Waals surface area contributed by atoms with Gasteiger partial charge >= 0.3 is 0 Å². The Kier molecular flexibility index (Phi) is 9.56. The number of halogens is 1. The third-order valence-corrected chi connectivity index (χ3v) is 8.13. The lowest BCUT2D eigenvalue weighted by Crippen LogP contribution is -2.39. The van der Waals surface area contributed by atoms with Crippen LogP contribution in [0.1, 0.15) is 24.8 Å². The summed E-state index contributed by atoms with van der Waals surface area (Å²) in [6.45, 7) is 1.05. The van der Waals surface area contributed by atoms with E-state index in [1.165, 1.54) is 30.5 Å². The molecule has 4 rings (SSSR count). The Morgan fingerprint density at radius 2 is 1.62 bits per heavy atom. The highest BCUT2D eigenvalue weighted by molar-refractivity contribution is 7.92. The molecule has 2 amide bonds. The highest BCUT2D eigenvalue weighted by atomic mass is 35.5. The van der Waals surface area contributed by atoms with Gasteiger partial charge in [0.05, 0.1) is 16.8 Å². The molecular formula is C28H29ClN4O5S. The van der Waals surface area contributed by atoms with Crippen molar-refractivity contribution in [2.45, 2.75) is 24.2 Å². The Hall–Kier alpha value is -3.89. The number of amides is 2. The first-order valence-corrected chi connectivity index (χ1v) is 14.3. The molecule has 0 saturated carbocycles. The van der Waals surface area contributed by atoms with Crippen LogP contribution in [0.3, 0.4) is 0 Å². The van der Waals surface area contributed by atoms with Crippen molar-refractivity contribution in [3.05, 3.63) is 89.4 Å². The maximum absolute atomic E-state index is 13.3. The van der Waals surface area contributed by atoms with Gasteiger partial charge in [-0.25, -0.2) is 13.8 Å². The first-order valence-electron chi connectivity index (χ1n) is 12.5. The van der Waals surface area contributed by atoms with Crippen LogP contribution in [-0.2, 0) is 19.6 Å². The first-order chi connectivity index (χ1) is 18.8. The van der Waals surface area contributed by atoms with Crippen molar-refractivity contribution in [2.75, 3.05) is 30.5 Å². The Morgan fingerprint density at radius 1 is 0.949 bits per heavy atom. The normalized spacial score (nSPS) is 13.7. The van der Waals surface area contributed by atoms with Gasteiger partial charge in [-0.05, 0) is 85.5 Å². The number of nitrogens with one attached hydrogen (secondary N) is 1. The van der Waals surface area contributed by atoms with Gasteiger partial charge in [-0.2, -0.15) is 5.10 Å². The van der Waals surface area contributed by atoms with Gasteiger partial charge in [0, 0.05) is 18.1 Å². The van der Waals surface area contributed by atoms with E-state index >= 15 is 0 Å². The van der Waals surface area contributed by atoms with Gasteiger partial charge in [-0.3, -0.25) is 13.9 Å². The summed E-state index contributed by atoms with van der Waals surface area (Å²) < 4.78 is 33.2. The zero-order valence-electron chi connectivity index (χ0n) is 21.2.